The van der Waals surface area contributed by atoms with Gasteiger partial charge in [0.05, 0.1) is 12.5 Å². The molecule has 20 heavy (non-hydrogen) atoms. The van der Waals surface area contributed by atoms with Crippen LogP contribution in [0.2, 0.25) is 0 Å². The van der Waals surface area contributed by atoms with Gasteiger partial charge < -0.3 is 18.9 Å². The molecule has 0 spiro atoms. The molecular weight excluding hydrogens is 280 g/mol. The molecule has 0 unspecified atom stereocenters. The zero-order valence-corrected chi connectivity index (χ0v) is 12.5. The van der Waals surface area contributed by atoms with Gasteiger partial charge in [-0.1, -0.05) is 0 Å². The highest BCUT2D eigenvalue weighted by molar-refractivity contribution is 5.85. The number of benzene rings is 1. The van der Waals surface area contributed by atoms with Gasteiger partial charge in [0.15, 0.2) is 5.58 Å². The molecule has 0 radical (unpaired) electrons. The fourth-order valence-electron chi connectivity index (χ4n) is 2.37. The summed E-state index contributed by atoms with van der Waals surface area (Å²) in [7, 11) is 3.78. The summed E-state index contributed by atoms with van der Waals surface area (Å²) in [6.45, 7) is 2.12. The molecule has 1 saturated heterocycles. The van der Waals surface area contributed by atoms with Crippen molar-refractivity contribution >= 4 is 23.4 Å². The van der Waals surface area contributed by atoms with Gasteiger partial charge in [0.2, 0.25) is 0 Å². The zero-order chi connectivity index (χ0) is 13.2. The Morgan fingerprint density at radius 2 is 2.05 bits per heavy atom. The lowest BCUT2D eigenvalue weighted by atomic mass is 10.1. The highest BCUT2D eigenvalue weighted by atomic mass is 35.5. The summed E-state index contributed by atoms with van der Waals surface area (Å²) in [5.41, 5.74) is 0.726. The number of rotatable bonds is 3. The van der Waals surface area contributed by atoms with Crippen molar-refractivity contribution in [2.24, 2.45) is 0 Å². The Bertz CT molecular complexity index is 565. The lowest BCUT2D eigenvalue weighted by Gasteiger charge is -2.28. The summed E-state index contributed by atoms with van der Waals surface area (Å²) >= 11 is 0. The third-order valence-corrected chi connectivity index (χ3v) is 3.59. The minimum absolute atomic E-state index is 0. The maximum absolute atomic E-state index is 5.97. The zero-order valence-electron chi connectivity index (χ0n) is 11.7. The Morgan fingerprint density at radius 3 is 2.75 bits per heavy atom. The summed E-state index contributed by atoms with van der Waals surface area (Å²) < 4.78 is 16.5. The molecule has 1 aromatic carbocycles. The van der Waals surface area contributed by atoms with E-state index in [1.165, 1.54) is 0 Å². The summed E-state index contributed by atoms with van der Waals surface area (Å²) in [5.74, 6) is 1.35. The largest absolute Gasteiger partial charge is 0.497 e. The van der Waals surface area contributed by atoms with E-state index < -0.39 is 0 Å². The first-order valence-corrected chi connectivity index (χ1v) is 6.55. The van der Waals surface area contributed by atoms with E-state index in [0.717, 1.165) is 42.6 Å². The first-order chi connectivity index (χ1) is 9.26. The molecule has 0 bridgehead atoms. The van der Waals surface area contributed by atoms with Gasteiger partial charge in [0, 0.05) is 13.1 Å². The van der Waals surface area contributed by atoms with Crippen LogP contribution in [0.3, 0.4) is 0 Å². The Kier molecular flexibility index (Phi) is 4.73. The lowest BCUT2D eigenvalue weighted by Crippen LogP contribution is -2.35. The second-order valence-electron chi connectivity index (χ2n) is 4.97. The fourth-order valence-corrected chi connectivity index (χ4v) is 2.37. The van der Waals surface area contributed by atoms with Gasteiger partial charge in [-0.05, 0) is 43.2 Å². The van der Waals surface area contributed by atoms with Crippen molar-refractivity contribution in [3.8, 4) is 11.6 Å². The van der Waals surface area contributed by atoms with Crippen molar-refractivity contribution in [1.82, 2.24) is 10.1 Å². The standard InChI is InChI=1S/C14H18N2O3.ClH/c1-16-7-5-10(6-8-16)18-14-12-9-11(17-2)3-4-13(12)19-15-14;/h3-4,9-10H,5-8H2,1-2H3;1H. The van der Waals surface area contributed by atoms with Crippen LogP contribution in [0.15, 0.2) is 22.7 Å². The molecule has 0 N–H and O–H groups in total. The molecule has 1 aliphatic rings. The maximum atomic E-state index is 5.97. The SMILES string of the molecule is COc1ccc2onc(OC3CCN(C)CC3)c2c1.Cl. The van der Waals surface area contributed by atoms with Crippen LogP contribution in [0.5, 0.6) is 11.6 Å². The molecule has 3 rings (SSSR count). The quantitative estimate of drug-likeness (QED) is 0.872. The molecular formula is C14H19ClN2O3. The van der Waals surface area contributed by atoms with Crippen LogP contribution in [0.1, 0.15) is 12.8 Å². The monoisotopic (exact) mass is 298 g/mol. The topological polar surface area (TPSA) is 47.7 Å². The lowest BCUT2D eigenvalue weighted by molar-refractivity contribution is 0.107. The van der Waals surface area contributed by atoms with Crippen molar-refractivity contribution in [1.29, 1.82) is 0 Å². The molecule has 6 heteroatoms. The average Bonchev–Trinajstić information content (AvgIpc) is 2.84. The van der Waals surface area contributed by atoms with Crippen molar-refractivity contribution < 1.29 is 14.0 Å². The molecule has 1 aromatic heterocycles. The summed E-state index contributed by atoms with van der Waals surface area (Å²) in [6.07, 6.45) is 2.26. The van der Waals surface area contributed by atoms with Crippen LogP contribution in [0.4, 0.5) is 0 Å². The molecule has 2 aromatic rings. The number of fused-ring (bicyclic) bond motifs is 1. The summed E-state index contributed by atoms with van der Waals surface area (Å²) in [5, 5.41) is 4.89. The first kappa shape index (κ1) is 14.9. The number of methoxy groups -OCH3 is 1. The average molecular weight is 299 g/mol. The number of aromatic nitrogens is 1. The van der Waals surface area contributed by atoms with E-state index in [-0.39, 0.29) is 18.5 Å². The number of piperidine rings is 1. The number of ether oxygens (including phenoxy) is 2. The van der Waals surface area contributed by atoms with Crippen LogP contribution < -0.4 is 9.47 Å². The van der Waals surface area contributed by atoms with Crippen LogP contribution in [0, 0.1) is 0 Å². The van der Waals surface area contributed by atoms with E-state index in [4.69, 9.17) is 14.0 Å². The summed E-state index contributed by atoms with van der Waals surface area (Å²) in [6, 6.07) is 5.60. The molecule has 1 aliphatic heterocycles. The molecule has 2 heterocycles. The van der Waals surface area contributed by atoms with E-state index in [2.05, 4.69) is 17.1 Å². The smallest absolute Gasteiger partial charge is 0.262 e. The van der Waals surface area contributed by atoms with E-state index in [0.29, 0.717) is 5.88 Å². The predicted octanol–water partition coefficient (Wildman–Crippen LogP) is 2.73. The molecule has 0 atom stereocenters. The molecule has 5 nitrogen and oxygen atoms in total. The van der Waals surface area contributed by atoms with Crippen LogP contribution in [-0.2, 0) is 0 Å². The van der Waals surface area contributed by atoms with Gasteiger partial charge in [-0.15, -0.1) is 12.4 Å². The Morgan fingerprint density at radius 1 is 1.30 bits per heavy atom. The van der Waals surface area contributed by atoms with Gasteiger partial charge >= 0.3 is 0 Å². The van der Waals surface area contributed by atoms with Crippen molar-refractivity contribution in [3.05, 3.63) is 18.2 Å². The number of hydrogen-bond acceptors (Lipinski definition) is 5. The predicted molar refractivity (Wildman–Crippen MR) is 79.0 cm³/mol. The van der Waals surface area contributed by atoms with Crippen LogP contribution >= 0.6 is 12.4 Å². The van der Waals surface area contributed by atoms with Gasteiger partial charge in [0.1, 0.15) is 11.9 Å². The van der Waals surface area contributed by atoms with E-state index in [9.17, 15) is 0 Å². The van der Waals surface area contributed by atoms with E-state index >= 15 is 0 Å². The normalized spacial score (nSPS) is 16.9. The second-order valence-corrected chi connectivity index (χ2v) is 4.97. The molecule has 0 aliphatic carbocycles. The fraction of sp³-hybridized carbons (Fsp3) is 0.500. The van der Waals surface area contributed by atoms with E-state index in [1.807, 2.05) is 18.2 Å². The Labute approximate surface area is 124 Å². The van der Waals surface area contributed by atoms with Crippen molar-refractivity contribution in [3.63, 3.8) is 0 Å². The summed E-state index contributed by atoms with van der Waals surface area (Å²) in [4.78, 5) is 2.31. The van der Waals surface area contributed by atoms with Gasteiger partial charge in [-0.3, -0.25) is 0 Å². The third kappa shape index (κ3) is 2.99. The second kappa shape index (κ2) is 6.33. The third-order valence-electron chi connectivity index (χ3n) is 3.59. The van der Waals surface area contributed by atoms with Crippen molar-refractivity contribution in [2.45, 2.75) is 18.9 Å². The number of nitrogens with zero attached hydrogens (tertiary/aromatic N) is 2. The highest BCUT2D eigenvalue weighted by Gasteiger charge is 2.21. The maximum Gasteiger partial charge on any atom is 0.262 e. The number of hydrogen-bond donors (Lipinski definition) is 0. The van der Waals surface area contributed by atoms with E-state index in [1.54, 1.807) is 7.11 Å². The van der Waals surface area contributed by atoms with Crippen molar-refractivity contribution in [2.75, 3.05) is 27.2 Å². The highest BCUT2D eigenvalue weighted by Crippen LogP contribution is 2.30. The molecule has 0 amide bonds. The van der Waals surface area contributed by atoms with Gasteiger partial charge in [0.25, 0.3) is 5.88 Å². The number of likely N-dealkylation sites (tertiary alicyclic amines) is 1. The van der Waals surface area contributed by atoms with Crippen LogP contribution in [0.25, 0.3) is 11.0 Å². The Hall–Kier alpha value is -1.46. The van der Waals surface area contributed by atoms with Gasteiger partial charge in [-0.2, -0.15) is 0 Å². The minimum atomic E-state index is 0. The molecule has 110 valence electrons. The number of halogens is 1. The Balaban J connectivity index is 0.00000147. The first-order valence-electron chi connectivity index (χ1n) is 6.55. The molecule has 0 saturated carbocycles. The van der Waals surface area contributed by atoms with Gasteiger partial charge in [-0.25, -0.2) is 0 Å². The van der Waals surface area contributed by atoms with Crippen LogP contribution in [-0.4, -0.2) is 43.4 Å². The molecule has 1 fully saturated rings. The minimum Gasteiger partial charge on any atom is -0.497 e.